The van der Waals surface area contributed by atoms with Gasteiger partial charge in [0.1, 0.15) is 28.6 Å². The fourth-order valence-electron chi connectivity index (χ4n) is 5.17. The topological polar surface area (TPSA) is 120 Å². The van der Waals surface area contributed by atoms with E-state index in [9.17, 15) is 9.59 Å². The molecule has 2 saturated heterocycles. The maximum absolute atomic E-state index is 12.8. The van der Waals surface area contributed by atoms with Crippen LogP contribution >= 0.6 is 0 Å². The van der Waals surface area contributed by atoms with Crippen molar-refractivity contribution in [1.82, 2.24) is 19.6 Å². The summed E-state index contributed by atoms with van der Waals surface area (Å²) in [5, 5.41) is 4.70. The number of primary amides is 1. The standard InChI is InChI=1S/C29H34N6O3/c30-28-26(29(31)37)27(21-11-13-24(14-12-21)38-23-8-3-1-4-9-23)32-35(28)22-15-19-34(20-22)25(36)10-7-18-33-16-5-2-6-17-33/h1,3-4,7-14,22H,2,5-6,15-20,30H2,(H2,31,37)/t22-/m1/s1. The van der Waals surface area contributed by atoms with Crippen molar-refractivity contribution in [2.24, 2.45) is 5.73 Å². The molecule has 1 aromatic heterocycles. The fourth-order valence-corrected chi connectivity index (χ4v) is 5.17. The molecule has 3 aromatic rings. The number of ether oxygens (including phenoxy) is 1. The second kappa shape index (κ2) is 11.5. The van der Waals surface area contributed by atoms with Gasteiger partial charge in [-0.1, -0.05) is 30.7 Å². The van der Waals surface area contributed by atoms with E-state index in [4.69, 9.17) is 21.3 Å². The van der Waals surface area contributed by atoms with Crippen molar-refractivity contribution in [3.63, 3.8) is 0 Å². The van der Waals surface area contributed by atoms with Crippen LogP contribution in [0.4, 0.5) is 5.82 Å². The molecule has 0 spiro atoms. The highest BCUT2D eigenvalue weighted by Gasteiger charge is 2.31. The lowest BCUT2D eigenvalue weighted by Crippen LogP contribution is -2.30. The number of benzene rings is 2. The van der Waals surface area contributed by atoms with Crippen LogP contribution in [0.5, 0.6) is 11.5 Å². The van der Waals surface area contributed by atoms with Crippen LogP contribution in [0.2, 0.25) is 0 Å². The summed E-state index contributed by atoms with van der Waals surface area (Å²) in [6.45, 7) is 4.06. The van der Waals surface area contributed by atoms with Crippen molar-refractivity contribution in [3.05, 3.63) is 72.3 Å². The molecule has 9 heteroatoms. The Morgan fingerprint density at radius 2 is 1.68 bits per heavy atom. The SMILES string of the molecule is NC(=O)c1c(-c2ccc(Oc3ccccc3)cc2)nn([C@@H]2CCN(C(=O)C=CCN3CCCCC3)C2)c1N. The molecule has 5 rings (SSSR count). The van der Waals surface area contributed by atoms with Gasteiger partial charge in [0.05, 0.1) is 6.04 Å². The van der Waals surface area contributed by atoms with E-state index in [0.717, 1.165) is 25.4 Å². The van der Waals surface area contributed by atoms with Gasteiger partial charge < -0.3 is 21.1 Å². The van der Waals surface area contributed by atoms with Crippen molar-refractivity contribution in [2.75, 3.05) is 38.5 Å². The molecular formula is C29H34N6O3. The average molecular weight is 515 g/mol. The maximum Gasteiger partial charge on any atom is 0.254 e. The molecule has 1 atom stereocenters. The summed E-state index contributed by atoms with van der Waals surface area (Å²) >= 11 is 0. The Hall–Kier alpha value is -4.11. The van der Waals surface area contributed by atoms with Crippen molar-refractivity contribution < 1.29 is 14.3 Å². The van der Waals surface area contributed by atoms with Crippen LogP contribution in [0.3, 0.4) is 0 Å². The number of anilines is 1. The van der Waals surface area contributed by atoms with Crippen molar-refractivity contribution in [1.29, 1.82) is 0 Å². The lowest BCUT2D eigenvalue weighted by molar-refractivity contribution is -0.125. The number of nitrogens with two attached hydrogens (primary N) is 2. The minimum absolute atomic E-state index is 0.0143. The van der Waals surface area contributed by atoms with Gasteiger partial charge in [0.2, 0.25) is 5.91 Å². The number of para-hydroxylation sites is 1. The van der Waals surface area contributed by atoms with Gasteiger partial charge in [-0.3, -0.25) is 14.5 Å². The first kappa shape index (κ1) is 25.5. The Labute approximate surface area is 222 Å². The van der Waals surface area contributed by atoms with E-state index in [-0.39, 0.29) is 23.3 Å². The summed E-state index contributed by atoms with van der Waals surface area (Å²) in [4.78, 5) is 29.3. The number of carbonyl (C=O) groups excluding carboxylic acids is 2. The third-order valence-corrected chi connectivity index (χ3v) is 7.19. The molecule has 0 bridgehead atoms. The fraction of sp³-hybridized carbons (Fsp3) is 0.345. The first-order valence-electron chi connectivity index (χ1n) is 13.2. The van der Waals surface area contributed by atoms with Crippen LogP contribution in [0.15, 0.2) is 66.7 Å². The molecule has 9 nitrogen and oxygen atoms in total. The minimum Gasteiger partial charge on any atom is -0.457 e. The van der Waals surface area contributed by atoms with Gasteiger partial charge in [-0.25, -0.2) is 4.68 Å². The van der Waals surface area contributed by atoms with Gasteiger partial charge in [-0.15, -0.1) is 0 Å². The van der Waals surface area contributed by atoms with E-state index < -0.39 is 5.91 Å². The highest BCUT2D eigenvalue weighted by Crippen LogP contribution is 2.33. The minimum atomic E-state index is -0.639. The van der Waals surface area contributed by atoms with Crippen LogP contribution in [0, 0.1) is 0 Å². The molecule has 4 N–H and O–H groups in total. The maximum atomic E-state index is 12.8. The van der Waals surface area contributed by atoms with E-state index in [1.165, 1.54) is 19.3 Å². The van der Waals surface area contributed by atoms with Gasteiger partial charge in [-0.2, -0.15) is 5.10 Å². The second-order valence-electron chi connectivity index (χ2n) is 9.85. The third-order valence-electron chi connectivity index (χ3n) is 7.19. The number of nitrogens with zero attached hydrogens (tertiary/aromatic N) is 4. The van der Waals surface area contributed by atoms with E-state index in [1.807, 2.05) is 60.7 Å². The molecule has 0 radical (unpaired) electrons. The van der Waals surface area contributed by atoms with Crippen LogP contribution in [-0.2, 0) is 4.79 Å². The predicted octanol–water partition coefficient (Wildman–Crippen LogP) is 3.84. The number of amides is 2. The lowest BCUT2D eigenvalue weighted by atomic mass is 10.1. The summed E-state index contributed by atoms with van der Waals surface area (Å²) in [7, 11) is 0. The Kier molecular flexibility index (Phi) is 7.74. The highest BCUT2D eigenvalue weighted by molar-refractivity contribution is 6.03. The van der Waals surface area contributed by atoms with Crippen LogP contribution < -0.4 is 16.2 Å². The van der Waals surface area contributed by atoms with E-state index >= 15 is 0 Å². The number of carbonyl (C=O) groups is 2. The molecule has 0 unspecified atom stereocenters. The molecule has 2 amide bonds. The molecule has 2 fully saturated rings. The summed E-state index contributed by atoms with van der Waals surface area (Å²) in [6.07, 6.45) is 8.06. The van der Waals surface area contributed by atoms with Crippen molar-refractivity contribution in [2.45, 2.75) is 31.7 Å². The highest BCUT2D eigenvalue weighted by atomic mass is 16.5. The average Bonchev–Trinajstić information content (AvgIpc) is 3.55. The van der Waals surface area contributed by atoms with Crippen LogP contribution in [-0.4, -0.2) is 64.1 Å². The molecular weight excluding hydrogens is 480 g/mol. The molecule has 2 aromatic carbocycles. The number of likely N-dealkylation sites (tertiary alicyclic amines) is 2. The molecule has 0 aliphatic carbocycles. The second-order valence-corrected chi connectivity index (χ2v) is 9.85. The summed E-state index contributed by atoms with van der Waals surface area (Å²) in [6, 6.07) is 16.6. The third kappa shape index (κ3) is 5.73. The lowest BCUT2D eigenvalue weighted by Gasteiger charge is -2.24. The van der Waals surface area contributed by atoms with Crippen LogP contribution in [0.25, 0.3) is 11.3 Å². The number of rotatable bonds is 8. The Balaban J connectivity index is 1.28. The van der Waals surface area contributed by atoms with Gasteiger partial charge in [0.15, 0.2) is 0 Å². The Bertz CT molecular complexity index is 1300. The first-order chi connectivity index (χ1) is 18.5. The van der Waals surface area contributed by atoms with E-state index in [2.05, 4.69) is 4.90 Å². The molecule has 38 heavy (non-hydrogen) atoms. The summed E-state index contributed by atoms with van der Waals surface area (Å²) in [5.74, 6) is 0.955. The number of nitrogen functional groups attached to an aromatic ring is 1. The monoisotopic (exact) mass is 514 g/mol. The van der Waals surface area contributed by atoms with Gasteiger partial charge in [0.25, 0.3) is 5.91 Å². The zero-order valence-electron chi connectivity index (χ0n) is 21.5. The van der Waals surface area contributed by atoms with E-state index in [1.54, 1.807) is 15.7 Å². The quantitative estimate of drug-likeness (QED) is 0.441. The first-order valence-corrected chi connectivity index (χ1v) is 13.2. The molecule has 0 saturated carbocycles. The van der Waals surface area contributed by atoms with Gasteiger partial charge >= 0.3 is 0 Å². The van der Waals surface area contributed by atoms with Gasteiger partial charge in [0, 0.05) is 31.3 Å². The van der Waals surface area contributed by atoms with Gasteiger partial charge in [-0.05, 0) is 68.8 Å². The zero-order valence-corrected chi connectivity index (χ0v) is 21.5. The van der Waals surface area contributed by atoms with Crippen LogP contribution in [0.1, 0.15) is 42.1 Å². The largest absolute Gasteiger partial charge is 0.457 e. The van der Waals surface area contributed by atoms with E-state index in [0.29, 0.717) is 36.5 Å². The molecule has 198 valence electrons. The van der Waals surface area contributed by atoms with Crippen molar-refractivity contribution in [3.8, 4) is 22.8 Å². The molecule has 3 heterocycles. The molecule has 2 aliphatic heterocycles. The number of hydrogen-bond donors (Lipinski definition) is 2. The normalized spacial score (nSPS) is 18.2. The number of hydrogen-bond acceptors (Lipinski definition) is 6. The number of aromatic nitrogens is 2. The summed E-state index contributed by atoms with van der Waals surface area (Å²) < 4.78 is 7.51. The number of piperidine rings is 1. The Morgan fingerprint density at radius 3 is 2.39 bits per heavy atom. The molecule has 2 aliphatic rings. The van der Waals surface area contributed by atoms with Crippen molar-refractivity contribution >= 4 is 17.6 Å². The summed E-state index contributed by atoms with van der Waals surface area (Å²) in [5.41, 5.74) is 13.4. The predicted molar refractivity (Wildman–Crippen MR) is 147 cm³/mol. The zero-order chi connectivity index (χ0) is 26.5. The Morgan fingerprint density at radius 1 is 0.974 bits per heavy atom. The smallest absolute Gasteiger partial charge is 0.254 e.